The van der Waals surface area contributed by atoms with Gasteiger partial charge < -0.3 is 14.6 Å². The first-order valence-electron chi connectivity index (χ1n) is 5.53. The van der Waals surface area contributed by atoms with E-state index < -0.39 is 32.8 Å². The van der Waals surface area contributed by atoms with Crippen molar-refractivity contribution >= 4 is 20.3 Å². The minimum absolute atomic E-state index is 0.468. The van der Waals surface area contributed by atoms with E-state index in [0.29, 0.717) is 0 Å². The molecule has 0 radical (unpaired) electrons. The van der Waals surface area contributed by atoms with Gasteiger partial charge in [0, 0.05) is 0 Å². The van der Waals surface area contributed by atoms with Crippen LogP contribution in [-0.4, -0.2) is 36.6 Å². The van der Waals surface area contributed by atoms with Gasteiger partial charge in [-0.05, 0) is 18.1 Å². The fraction of sp³-hybridized carbons (Fsp3) is 0.800. The van der Waals surface area contributed by atoms with Gasteiger partial charge in [0.25, 0.3) is 0 Å². The second-order valence-electron chi connectivity index (χ2n) is 3.79. The molecule has 0 saturated carbocycles. The third kappa shape index (κ3) is 4.32. The highest BCUT2D eigenvalue weighted by Gasteiger charge is 2.35. The second-order valence-corrected chi connectivity index (χ2v) is 8.51. The Balaban J connectivity index is 4.70. The largest absolute Gasteiger partial charge is 0.481 e. The number of carboxylic acids is 2. The predicted molar refractivity (Wildman–Crippen MR) is 62.0 cm³/mol. The lowest BCUT2D eigenvalue weighted by Crippen LogP contribution is -2.43. The normalized spacial score (nSPS) is 13.4. The first-order valence-corrected chi connectivity index (χ1v) is 8.06. The summed E-state index contributed by atoms with van der Waals surface area (Å²) in [5, 5.41) is 17.5. The van der Waals surface area contributed by atoms with Crippen LogP contribution in [-0.2, 0) is 14.0 Å². The minimum Gasteiger partial charge on any atom is -0.481 e. The van der Waals surface area contributed by atoms with Crippen molar-refractivity contribution in [2.45, 2.75) is 51.4 Å². The Hall–Kier alpha value is -0.883. The molecule has 16 heavy (non-hydrogen) atoms. The summed E-state index contributed by atoms with van der Waals surface area (Å²) in [5.74, 6) is -2.33. The zero-order valence-electron chi connectivity index (χ0n) is 10.0. The summed E-state index contributed by atoms with van der Waals surface area (Å²) in [7, 11) is -2.05. The molecule has 0 saturated heterocycles. The van der Waals surface area contributed by atoms with E-state index in [1.54, 1.807) is 0 Å². The molecular formula is C10H20O5Si. The average molecular weight is 248 g/mol. The molecule has 5 nitrogen and oxygen atoms in total. The van der Waals surface area contributed by atoms with E-state index in [4.69, 9.17) is 14.6 Å². The summed E-state index contributed by atoms with van der Waals surface area (Å²) >= 11 is 0. The highest BCUT2D eigenvalue weighted by Crippen LogP contribution is 2.24. The molecule has 0 aliphatic rings. The van der Waals surface area contributed by atoms with Crippen molar-refractivity contribution in [3.8, 4) is 0 Å². The van der Waals surface area contributed by atoms with Gasteiger partial charge in [-0.25, -0.2) is 4.79 Å². The van der Waals surface area contributed by atoms with Crippen LogP contribution in [0.2, 0.25) is 18.1 Å². The van der Waals surface area contributed by atoms with Crippen LogP contribution in [0.5, 0.6) is 0 Å². The number of hydrogen-bond acceptors (Lipinski definition) is 3. The zero-order valence-corrected chi connectivity index (χ0v) is 11.0. The van der Waals surface area contributed by atoms with Crippen LogP contribution in [0, 0.1) is 0 Å². The van der Waals surface area contributed by atoms with Gasteiger partial charge in [0.15, 0.2) is 14.4 Å². The molecule has 0 heterocycles. The molecule has 0 aromatic carbocycles. The Labute approximate surface area is 96.6 Å². The smallest absolute Gasteiger partial charge is 0.332 e. The van der Waals surface area contributed by atoms with Crippen molar-refractivity contribution in [3.63, 3.8) is 0 Å². The van der Waals surface area contributed by atoms with Crippen LogP contribution in [0.1, 0.15) is 27.2 Å². The summed E-state index contributed by atoms with van der Waals surface area (Å²) in [6, 6.07) is 2.43. The van der Waals surface area contributed by atoms with Crippen molar-refractivity contribution in [1.29, 1.82) is 0 Å². The molecule has 2 N–H and O–H groups in total. The van der Waals surface area contributed by atoms with E-state index in [1.807, 2.05) is 20.8 Å². The van der Waals surface area contributed by atoms with E-state index in [-0.39, 0.29) is 0 Å². The van der Waals surface area contributed by atoms with Crippen LogP contribution in [0.15, 0.2) is 0 Å². The SMILES string of the molecule is CC[Si](CC)(CC)OC(CC(=O)O)C(=O)O. The summed E-state index contributed by atoms with van der Waals surface area (Å²) in [6.45, 7) is 5.91. The van der Waals surface area contributed by atoms with Gasteiger partial charge >= 0.3 is 11.9 Å². The van der Waals surface area contributed by atoms with Crippen LogP contribution >= 0.6 is 0 Å². The molecule has 0 rings (SSSR count). The van der Waals surface area contributed by atoms with Crippen LogP contribution in [0.25, 0.3) is 0 Å². The fourth-order valence-electron chi connectivity index (χ4n) is 1.64. The standard InChI is InChI=1S/C10H20O5Si/c1-4-16(5-2,6-3)15-8(10(13)14)7-9(11)12/h8H,4-7H2,1-3H3,(H,11,12)(H,13,14). The lowest BCUT2D eigenvalue weighted by atomic mass is 10.3. The quantitative estimate of drug-likeness (QED) is 0.641. The lowest BCUT2D eigenvalue weighted by molar-refractivity contribution is -0.152. The number of rotatable bonds is 8. The highest BCUT2D eigenvalue weighted by atomic mass is 28.4. The summed E-state index contributed by atoms with van der Waals surface area (Å²) in [4.78, 5) is 21.4. The molecule has 0 amide bonds. The van der Waals surface area contributed by atoms with Crippen molar-refractivity contribution in [1.82, 2.24) is 0 Å². The summed E-state index contributed by atoms with van der Waals surface area (Å²) in [6.07, 6.45) is -1.67. The second kappa shape index (κ2) is 6.65. The van der Waals surface area contributed by atoms with Crippen molar-refractivity contribution in [3.05, 3.63) is 0 Å². The van der Waals surface area contributed by atoms with Crippen LogP contribution in [0.4, 0.5) is 0 Å². The monoisotopic (exact) mass is 248 g/mol. The highest BCUT2D eigenvalue weighted by molar-refractivity contribution is 6.73. The van der Waals surface area contributed by atoms with Crippen molar-refractivity contribution in [2.75, 3.05) is 0 Å². The van der Waals surface area contributed by atoms with Gasteiger partial charge in [-0.2, -0.15) is 0 Å². The maximum absolute atomic E-state index is 10.9. The summed E-state index contributed by atoms with van der Waals surface area (Å²) < 4.78 is 5.62. The topological polar surface area (TPSA) is 83.8 Å². The van der Waals surface area contributed by atoms with Crippen molar-refractivity contribution < 1.29 is 24.2 Å². The molecule has 6 heteroatoms. The van der Waals surface area contributed by atoms with Gasteiger partial charge in [0.1, 0.15) is 0 Å². The third-order valence-corrected chi connectivity index (χ3v) is 7.61. The molecular weight excluding hydrogens is 228 g/mol. The molecule has 1 atom stereocenters. The third-order valence-electron chi connectivity index (χ3n) is 2.96. The average Bonchev–Trinajstić information content (AvgIpc) is 2.24. The first kappa shape index (κ1) is 15.1. The van der Waals surface area contributed by atoms with Crippen molar-refractivity contribution in [2.24, 2.45) is 0 Å². The number of carboxylic acid groups (broad SMARTS) is 2. The van der Waals surface area contributed by atoms with Gasteiger partial charge in [-0.3, -0.25) is 4.79 Å². The number of carbonyl (C=O) groups is 2. The Kier molecular flexibility index (Phi) is 6.28. The van der Waals surface area contributed by atoms with Gasteiger partial charge in [0.05, 0.1) is 6.42 Å². The van der Waals surface area contributed by atoms with E-state index in [0.717, 1.165) is 18.1 Å². The molecule has 0 aliphatic heterocycles. The predicted octanol–water partition coefficient (Wildman–Crippen LogP) is 1.94. The molecule has 94 valence electrons. The van der Waals surface area contributed by atoms with E-state index in [2.05, 4.69) is 0 Å². The first-order chi connectivity index (χ1) is 7.40. The molecule has 0 fully saturated rings. The molecule has 0 bridgehead atoms. The number of hydrogen-bond donors (Lipinski definition) is 2. The molecule has 0 spiro atoms. The molecule has 1 unspecified atom stereocenters. The zero-order chi connectivity index (χ0) is 12.8. The maximum atomic E-state index is 10.9. The Morgan fingerprint density at radius 1 is 1.12 bits per heavy atom. The Morgan fingerprint density at radius 2 is 1.56 bits per heavy atom. The van der Waals surface area contributed by atoms with E-state index in [1.165, 1.54) is 0 Å². The van der Waals surface area contributed by atoms with Gasteiger partial charge in [-0.15, -0.1) is 0 Å². The fourth-order valence-corrected chi connectivity index (χ4v) is 4.43. The summed E-state index contributed by atoms with van der Waals surface area (Å²) in [5.41, 5.74) is 0. The minimum atomic E-state index is -2.05. The van der Waals surface area contributed by atoms with Gasteiger partial charge in [-0.1, -0.05) is 20.8 Å². The molecule has 0 aliphatic carbocycles. The lowest BCUT2D eigenvalue weighted by Gasteiger charge is -2.30. The van der Waals surface area contributed by atoms with Crippen LogP contribution in [0.3, 0.4) is 0 Å². The molecule has 0 aromatic rings. The Bertz CT molecular complexity index is 241. The maximum Gasteiger partial charge on any atom is 0.332 e. The Morgan fingerprint density at radius 3 is 1.81 bits per heavy atom. The van der Waals surface area contributed by atoms with E-state index in [9.17, 15) is 9.59 Å². The number of aliphatic carboxylic acids is 2. The molecule has 0 aromatic heterocycles. The van der Waals surface area contributed by atoms with Crippen LogP contribution < -0.4 is 0 Å². The van der Waals surface area contributed by atoms with Gasteiger partial charge in [0.2, 0.25) is 0 Å². The van der Waals surface area contributed by atoms with E-state index >= 15 is 0 Å².